The Kier molecular flexibility index (Phi) is 6.18. The third-order valence-corrected chi connectivity index (χ3v) is 3.19. The minimum Gasteiger partial charge on any atom is -0.464 e. The fourth-order valence-electron chi connectivity index (χ4n) is 1.58. The smallest absolute Gasteiger partial charge is 0.354 e. The Hall–Kier alpha value is -2.50. The van der Waals surface area contributed by atoms with Crippen LogP contribution < -0.4 is 5.43 Å². The molecular weight excluding hydrogens is 296 g/mol. The monoisotopic (exact) mass is 318 g/mol. The van der Waals surface area contributed by atoms with E-state index < -0.39 is 17.3 Å². The van der Waals surface area contributed by atoms with Gasteiger partial charge in [0.2, 0.25) is 0 Å². The van der Waals surface area contributed by atoms with Crippen molar-refractivity contribution in [1.29, 1.82) is 0 Å². The van der Waals surface area contributed by atoms with Crippen LogP contribution in [0.5, 0.6) is 0 Å². The molecule has 0 aliphatic rings. The first-order valence-electron chi connectivity index (χ1n) is 7.20. The first kappa shape index (κ1) is 18.5. The summed E-state index contributed by atoms with van der Waals surface area (Å²) in [4.78, 5) is 35.8. The molecule has 0 radical (unpaired) electrons. The molecule has 1 rings (SSSR count). The molecule has 0 spiro atoms. The van der Waals surface area contributed by atoms with Crippen molar-refractivity contribution in [2.45, 2.75) is 34.1 Å². The third kappa shape index (κ3) is 5.65. The molecule has 1 N–H and O–H groups in total. The Morgan fingerprint density at radius 2 is 1.70 bits per heavy atom. The number of methoxy groups -OCH3 is 1. The van der Waals surface area contributed by atoms with Gasteiger partial charge in [-0.05, 0) is 19.1 Å². The van der Waals surface area contributed by atoms with Crippen LogP contribution in [0.2, 0.25) is 0 Å². The second-order valence-electron chi connectivity index (χ2n) is 6.21. The maximum atomic E-state index is 12.0. The van der Waals surface area contributed by atoms with Gasteiger partial charge in [-0.25, -0.2) is 10.2 Å². The van der Waals surface area contributed by atoms with Gasteiger partial charge in [0.05, 0.1) is 13.5 Å². The third-order valence-electron chi connectivity index (χ3n) is 3.19. The van der Waals surface area contributed by atoms with Crippen molar-refractivity contribution < 1.29 is 19.1 Å². The molecule has 0 saturated carbocycles. The van der Waals surface area contributed by atoms with E-state index >= 15 is 0 Å². The second kappa shape index (κ2) is 7.67. The number of esters is 1. The second-order valence-corrected chi connectivity index (χ2v) is 6.21. The lowest BCUT2D eigenvalue weighted by Crippen LogP contribution is -2.30. The highest BCUT2D eigenvalue weighted by Gasteiger charge is 2.26. The number of benzene rings is 1. The number of ether oxygens (including phenoxy) is 1. The van der Waals surface area contributed by atoms with Crippen molar-refractivity contribution in [3.05, 3.63) is 35.4 Å². The van der Waals surface area contributed by atoms with Crippen LogP contribution in [0.4, 0.5) is 0 Å². The lowest BCUT2D eigenvalue weighted by atomic mass is 9.88. The van der Waals surface area contributed by atoms with Gasteiger partial charge in [-0.2, -0.15) is 5.10 Å². The van der Waals surface area contributed by atoms with Gasteiger partial charge in [-0.1, -0.05) is 38.5 Å². The summed E-state index contributed by atoms with van der Waals surface area (Å²) in [6, 6.07) is 6.89. The predicted octanol–water partition coefficient (Wildman–Crippen LogP) is 2.26. The average Bonchev–Trinajstić information content (AvgIpc) is 2.49. The number of nitrogens with one attached hydrogen (secondary N) is 1. The summed E-state index contributed by atoms with van der Waals surface area (Å²) in [6.07, 6.45) is -0.204. The summed E-state index contributed by atoms with van der Waals surface area (Å²) >= 11 is 0. The molecule has 124 valence electrons. The quantitative estimate of drug-likeness (QED) is 0.512. The summed E-state index contributed by atoms with van der Waals surface area (Å²) < 4.78 is 4.61. The fourth-order valence-corrected chi connectivity index (χ4v) is 1.58. The number of hydrogen-bond acceptors (Lipinski definition) is 5. The lowest BCUT2D eigenvalue weighted by molar-refractivity contribution is -0.134. The number of carbonyl (C=O) groups excluding carboxylic acids is 3. The molecule has 0 aromatic heterocycles. The van der Waals surface area contributed by atoms with E-state index in [4.69, 9.17) is 0 Å². The maximum absolute atomic E-state index is 12.0. The van der Waals surface area contributed by atoms with Crippen molar-refractivity contribution in [2.24, 2.45) is 10.5 Å². The molecule has 1 aromatic carbocycles. The van der Waals surface area contributed by atoms with E-state index in [1.165, 1.54) is 7.11 Å². The Morgan fingerprint density at radius 3 is 2.17 bits per heavy atom. The van der Waals surface area contributed by atoms with Crippen LogP contribution in [0, 0.1) is 12.3 Å². The molecule has 0 aliphatic carbocycles. The van der Waals surface area contributed by atoms with Crippen LogP contribution in [0.3, 0.4) is 0 Å². The number of amides is 1. The van der Waals surface area contributed by atoms with E-state index in [1.54, 1.807) is 45.0 Å². The zero-order valence-corrected chi connectivity index (χ0v) is 14.1. The summed E-state index contributed by atoms with van der Waals surface area (Å²) in [5.41, 5.74) is 2.97. The molecule has 6 nitrogen and oxygen atoms in total. The summed E-state index contributed by atoms with van der Waals surface area (Å²) in [5.74, 6) is -1.38. The van der Waals surface area contributed by atoms with Gasteiger partial charge in [0.1, 0.15) is 5.78 Å². The molecule has 0 fully saturated rings. The van der Waals surface area contributed by atoms with E-state index in [1.807, 2.05) is 6.92 Å². The maximum Gasteiger partial charge on any atom is 0.354 e. The topological polar surface area (TPSA) is 84.8 Å². The normalized spacial score (nSPS) is 11.8. The molecule has 1 amide bonds. The van der Waals surface area contributed by atoms with Crippen LogP contribution in [-0.2, 0) is 14.3 Å². The van der Waals surface area contributed by atoms with Gasteiger partial charge in [0.25, 0.3) is 5.91 Å². The molecule has 23 heavy (non-hydrogen) atoms. The molecule has 6 heteroatoms. The molecule has 0 saturated heterocycles. The van der Waals surface area contributed by atoms with Crippen LogP contribution in [-0.4, -0.2) is 30.5 Å². The number of hydrazone groups is 1. The van der Waals surface area contributed by atoms with E-state index in [0.717, 1.165) is 5.56 Å². The van der Waals surface area contributed by atoms with Gasteiger partial charge < -0.3 is 4.74 Å². The number of carbonyl (C=O) groups is 3. The van der Waals surface area contributed by atoms with Crippen molar-refractivity contribution >= 4 is 23.4 Å². The van der Waals surface area contributed by atoms with E-state index in [0.29, 0.717) is 5.56 Å². The molecular formula is C17H22N2O4. The molecule has 1 aromatic rings. The van der Waals surface area contributed by atoms with Crippen LogP contribution in [0.25, 0.3) is 0 Å². The Balaban J connectivity index is 2.88. The van der Waals surface area contributed by atoms with Crippen LogP contribution in [0.15, 0.2) is 29.4 Å². The number of ketones is 1. The van der Waals surface area contributed by atoms with Gasteiger partial charge in [0.15, 0.2) is 5.71 Å². The summed E-state index contributed by atoms with van der Waals surface area (Å²) in [7, 11) is 1.20. The molecule has 0 unspecified atom stereocenters. The Labute approximate surface area is 135 Å². The van der Waals surface area contributed by atoms with Gasteiger partial charge in [-0.3, -0.25) is 9.59 Å². The molecule has 0 heterocycles. The highest BCUT2D eigenvalue weighted by atomic mass is 16.5. The van der Waals surface area contributed by atoms with Crippen molar-refractivity contribution in [2.75, 3.05) is 7.11 Å². The highest BCUT2D eigenvalue weighted by Crippen LogP contribution is 2.17. The number of aryl methyl sites for hydroxylation is 1. The predicted molar refractivity (Wildman–Crippen MR) is 87.2 cm³/mol. The summed E-state index contributed by atoms with van der Waals surface area (Å²) in [5, 5.41) is 3.77. The fraction of sp³-hybridized carbons (Fsp3) is 0.412. The first-order chi connectivity index (χ1) is 10.6. The van der Waals surface area contributed by atoms with Crippen molar-refractivity contribution in [3.63, 3.8) is 0 Å². The van der Waals surface area contributed by atoms with E-state index in [9.17, 15) is 14.4 Å². The zero-order chi connectivity index (χ0) is 17.6. The lowest BCUT2D eigenvalue weighted by Gasteiger charge is -2.16. The van der Waals surface area contributed by atoms with E-state index in [-0.39, 0.29) is 17.9 Å². The highest BCUT2D eigenvalue weighted by molar-refractivity contribution is 6.40. The number of hydrogen-bond donors (Lipinski definition) is 1. The largest absolute Gasteiger partial charge is 0.464 e. The molecule has 0 atom stereocenters. The Morgan fingerprint density at radius 1 is 1.13 bits per heavy atom. The van der Waals surface area contributed by atoms with Crippen molar-refractivity contribution in [3.8, 4) is 0 Å². The standard InChI is InChI=1S/C17H22N2O4/c1-11-6-8-12(9-7-11)15(21)19-18-13(16(22)23-5)10-14(20)17(2,3)4/h6-9H,10H2,1-5H3,(H,19,21)/b18-13-. The van der Waals surface area contributed by atoms with Gasteiger partial charge in [0, 0.05) is 11.0 Å². The molecule has 0 bridgehead atoms. The van der Waals surface area contributed by atoms with Gasteiger partial charge in [-0.15, -0.1) is 0 Å². The minimum atomic E-state index is -0.744. The minimum absolute atomic E-state index is 0.132. The number of Topliss-reactive ketones (excluding diaryl/α,β-unsaturated/α-hetero) is 1. The Bertz CT molecular complexity index is 625. The van der Waals surface area contributed by atoms with Gasteiger partial charge >= 0.3 is 5.97 Å². The van der Waals surface area contributed by atoms with Crippen LogP contribution in [0.1, 0.15) is 43.1 Å². The zero-order valence-electron chi connectivity index (χ0n) is 14.1. The SMILES string of the molecule is COC(=O)/C(CC(=O)C(C)(C)C)=N\NC(=O)c1ccc(C)cc1. The van der Waals surface area contributed by atoms with Crippen molar-refractivity contribution in [1.82, 2.24) is 5.43 Å². The average molecular weight is 318 g/mol. The van der Waals surface area contributed by atoms with E-state index in [2.05, 4.69) is 15.3 Å². The molecule has 0 aliphatic heterocycles. The van der Waals surface area contributed by atoms with Crippen LogP contribution >= 0.6 is 0 Å². The number of nitrogens with zero attached hydrogens (tertiary/aromatic N) is 1. The first-order valence-corrected chi connectivity index (χ1v) is 7.20. The summed E-state index contributed by atoms with van der Waals surface area (Å²) in [6.45, 7) is 7.15. The number of rotatable bonds is 5.